The van der Waals surface area contributed by atoms with Crippen LogP contribution < -0.4 is 10.1 Å². The predicted molar refractivity (Wildman–Crippen MR) is 70.0 cm³/mol. The maximum Gasteiger partial charge on any atom is 0.160 e. The number of ether oxygens (including phenoxy) is 1. The first-order valence-electron chi connectivity index (χ1n) is 5.81. The van der Waals surface area contributed by atoms with Crippen molar-refractivity contribution in [1.29, 1.82) is 0 Å². The monoisotopic (exact) mass is 254 g/mol. The van der Waals surface area contributed by atoms with E-state index in [1.165, 1.54) is 0 Å². The van der Waals surface area contributed by atoms with E-state index in [4.69, 9.17) is 4.74 Å². The molecule has 2 heterocycles. The van der Waals surface area contributed by atoms with Crippen molar-refractivity contribution in [2.45, 2.75) is 25.8 Å². The number of hydrogen-bond donors (Lipinski definition) is 1. The Hall–Kier alpha value is -1.10. The topological polar surface area (TPSA) is 51.2 Å². The average molecular weight is 254 g/mol. The van der Waals surface area contributed by atoms with E-state index in [0.29, 0.717) is 6.04 Å². The standard InChI is InChI=1S/C12H18N2O2S/c1-9-7-11(12(16-2)8-13-9)14-10-3-5-17(15)6-4-10/h7-8,10H,3-6H2,1-2H3,(H,13,14). The Kier molecular flexibility index (Phi) is 3.99. The summed E-state index contributed by atoms with van der Waals surface area (Å²) in [5.41, 5.74) is 1.95. The van der Waals surface area contributed by atoms with Gasteiger partial charge in [0.2, 0.25) is 0 Å². The third-order valence-corrected chi connectivity index (χ3v) is 4.35. The second kappa shape index (κ2) is 5.49. The van der Waals surface area contributed by atoms with Gasteiger partial charge < -0.3 is 10.1 Å². The first-order chi connectivity index (χ1) is 8.19. The first-order valence-corrected chi connectivity index (χ1v) is 7.30. The van der Waals surface area contributed by atoms with Crippen LogP contribution in [0.3, 0.4) is 0 Å². The highest BCUT2D eigenvalue weighted by atomic mass is 32.2. The van der Waals surface area contributed by atoms with Gasteiger partial charge in [0.25, 0.3) is 0 Å². The molecule has 0 bridgehead atoms. The van der Waals surface area contributed by atoms with Crippen molar-refractivity contribution in [2.75, 3.05) is 23.9 Å². The zero-order valence-corrected chi connectivity index (χ0v) is 11.0. The van der Waals surface area contributed by atoms with Crippen LogP contribution in [0.2, 0.25) is 0 Å². The summed E-state index contributed by atoms with van der Waals surface area (Å²) in [5.74, 6) is 2.36. The van der Waals surface area contributed by atoms with Crippen molar-refractivity contribution in [1.82, 2.24) is 4.98 Å². The Balaban J connectivity index is 2.07. The molecule has 0 saturated carbocycles. The lowest BCUT2D eigenvalue weighted by Crippen LogP contribution is -2.29. The van der Waals surface area contributed by atoms with Crippen LogP contribution in [-0.2, 0) is 10.8 Å². The maximum atomic E-state index is 11.3. The van der Waals surface area contributed by atoms with E-state index in [9.17, 15) is 4.21 Å². The highest BCUT2D eigenvalue weighted by molar-refractivity contribution is 7.85. The molecule has 0 amide bonds. The fraction of sp³-hybridized carbons (Fsp3) is 0.583. The largest absolute Gasteiger partial charge is 0.493 e. The third kappa shape index (κ3) is 3.19. The van der Waals surface area contributed by atoms with Crippen LogP contribution in [0.5, 0.6) is 5.75 Å². The van der Waals surface area contributed by atoms with Gasteiger partial charge in [-0.25, -0.2) is 0 Å². The van der Waals surface area contributed by atoms with Crippen molar-refractivity contribution < 1.29 is 8.95 Å². The van der Waals surface area contributed by atoms with Gasteiger partial charge in [-0.05, 0) is 25.8 Å². The number of aromatic nitrogens is 1. The Morgan fingerprint density at radius 1 is 1.47 bits per heavy atom. The van der Waals surface area contributed by atoms with Crippen LogP contribution in [-0.4, -0.2) is 33.9 Å². The smallest absolute Gasteiger partial charge is 0.160 e. The summed E-state index contributed by atoms with van der Waals surface area (Å²) in [7, 11) is 1.03. The van der Waals surface area contributed by atoms with E-state index in [2.05, 4.69) is 10.3 Å². The molecular weight excluding hydrogens is 236 g/mol. The van der Waals surface area contributed by atoms with E-state index < -0.39 is 10.8 Å². The van der Waals surface area contributed by atoms with E-state index >= 15 is 0 Å². The summed E-state index contributed by atoms with van der Waals surface area (Å²) < 4.78 is 16.6. The molecule has 0 unspecified atom stereocenters. The summed E-state index contributed by atoms with van der Waals surface area (Å²) in [6.45, 7) is 1.96. The number of nitrogens with zero attached hydrogens (tertiary/aromatic N) is 1. The van der Waals surface area contributed by atoms with E-state index in [1.54, 1.807) is 13.3 Å². The van der Waals surface area contributed by atoms with Crippen LogP contribution in [0.4, 0.5) is 5.69 Å². The highest BCUT2D eigenvalue weighted by Gasteiger charge is 2.18. The van der Waals surface area contributed by atoms with E-state index in [-0.39, 0.29) is 0 Å². The molecule has 1 aromatic heterocycles. The highest BCUT2D eigenvalue weighted by Crippen LogP contribution is 2.26. The maximum absolute atomic E-state index is 11.3. The van der Waals surface area contributed by atoms with Crippen LogP contribution >= 0.6 is 0 Å². The molecule has 2 rings (SSSR count). The van der Waals surface area contributed by atoms with Crippen molar-refractivity contribution in [3.05, 3.63) is 18.0 Å². The molecule has 17 heavy (non-hydrogen) atoms. The molecule has 1 N–H and O–H groups in total. The molecule has 1 aliphatic rings. The molecule has 1 saturated heterocycles. The first kappa shape index (κ1) is 12.4. The number of anilines is 1. The fourth-order valence-corrected chi connectivity index (χ4v) is 3.28. The van der Waals surface area contributed by atoms with E-state index in [0.717, 1.165) is 41.5 Å². The number of hydrogen-bond acceptors (Lipinski definition) is 4. The second-order valence-electron chi connectivity index (χ2n) is 4.29. The summed E-state index contributed by atoms with van der Waals surface area (Å²) >= 11 is 0. The molecule has 0 spiro atoms. The van der Waals surface area contributed by atoms with Gasteiger partial charge in [-0.2, -0.15) is 0 Å². The zero-order valence-electron chi connectivity index (χ0n) is 10.2. The van der Waals surface area contributed by atoms with Gasteiger partial charge in [0, 0.05) is 34.0 Å². The third-order valence-electron chi connectivity index (χ3n) is 2.97. The van der Waals surface area contributed by atoms with Crippen molar-refractivity contribution in [3.63, 3.8) is 0 Å². The minimum Gasteiger partial charge on any atom is -0.493 e. The molecule has 1 fully saturated rings. The van der Waals surface area contributed by atoms with Gasteiger partial charge >= 0.3 is 0 Å². The zero-order chi connectivity index (χ0) is 12.3. The quantitative estimate of drug-likeness (QED) is 0.892. The Morgan fingerprint density at radius 3 is 2.82 bits per heavy atom. The van der Waals surface area contributed by atoms with Gasteiger partial charge in [-0.3, -0.25) is 9.19 Å². The summed E-state index contributed by atoms with van der Waals surface area (Å²) in [5, 5.41) is 3.46. The van der Waals surface area contributed by atoms with Crippen LogP contribution in [0.25, 0.3) is 0 Å². The molecule has 1 aliphatic heterocycles. The van der Waals surface area contributed by atoms with Gasteiger partial charge in [-0.1, -0.05) is 0 Å². The Bertz CT molecular complexity index is 413. The molecule has 94 valence electrons. The van der Waals surface area contributed by atoms with Crippen molar-refractivity contribution >= 4 is 16.5 Å². The van der Waals surface area contributed by atoms with E-state index in [1.807, 2.05) is 13.0 Å². The van der Waals surface area contributed by atoms with Gasteiger partial charge in [0.1, 0.15) is 0 Å². The van der Waals surface area contributed by atoms with Crippen molar-refractivity contribution in [3.8, 4) is 5.75 Å². The van der Waals surface area contributed by atoms with Crippen LogP contribution in [0, 0.1) is 6.92 Å². The summed E-state index contributed by atoms with van der Waals surface area (Å²) in [4.78, 5) is 4.20. The lowest BCUT2D eigenvalue weighted by Gasteiger charge is -2.24. The van der Waals surface area contributed by atoms with Crippen LogP contribution in [0.15, 0.2) is 12.3 Å². The van der Waals surface area contributed by atoms with Gasteiger partial charge in [0.15, 0.2) is 5.75 Å². The Labute approximate surface area is 104 Å². The number of rotatable bonds is 3. The molecule has 0 aliphatic carbocycles. The van der Waals surface area contributed by atoms with Crippen LogP contribution in [0.1, 0.15) is 18.5 Å². The summed E-state index contributed by atoms with van der Waals surface area (Å²) in [6.07, 6.45) is 3.65. The molecule has 1 aromatic rings. The number of pyridine rings is 1. The molecule has 4 nitrogen and oxygen atoms in total. The number of methoxy groups -OCH3 is 1. The van der Waals surface area contributed by atoms with Crippen molar-refractivity contribution in [2.24, 2.45) is 0 Å². The minimum atomic E-state index is -0.614. The minimum absolute atomic E-state index is 0.392. The van der Waals surface area contributed by atoms with Gasteiger partial charge in [0.05, 0.1) is 19.0 Å². The SMILES string of the molecule is COc1cnc(C)cc1NC1CCS(=O)CC1. The second-order valence-corrected chi connectivity index (χ2v) is 5.99. The normalized spacial score (nSPS) is 24.4. The molecule has 0 atom stereocenters. The number of nitrogens with one attached hydrogen (secondary N) is 1. The fourth-order valence-electron chi connectivity index (χ4n) is 1.98. The lowest BCUT2D eigenvalue weighted by atomic mass is 10.1. The summed E-state index contributed by atoms with van der Waals surface area (Å²) in [6, 6.07) is 2.38. The Morgan fingerprint density at radius 2 is 2.18 bits per heavy atom. The predicted octanol–water partition coefficient (Wildman–Crippen LogP) is 1.72. The molecule has 0 aromatic carbocycles. The molecular formula is C12H18N2O2S. The molecule has 0 radical (unpaired) electrons. The lowest BCUT2D eigenvalue weighted by molar-refractivity contribution is 0.413. The average Bonchev–Trinajstić information content (AvgIpc) is 2.32. The van der Waals surface area contributed by atoms with Gasteiger partial charge in [-0.15, -0.1) is 0 Å². The number of aryl methyl sites for hydroxylation is 1. The molecule has 5 heteroatoms.